The molecule has 2 aromatic rings. The normalized spacial score (nSPS) is 12.8. The van der Waals surface area contributed by atoms with Crippen molar-refractivity contribution in [2.45, 2.75) is 25.9 Å². The van der Waals surface area contributed by atoms with Crippen LogP contribution < -0.4 is 5.32 Å². The first-order valence-corrected chi connectivity index (χ1v) is 8.77. The zero-order valence-corrected chi connectivity index (χ0v) is 15.2. The summed E-state index contributed by atoms with van der Waals surface area (Å²) in [5.74, 6) is 0. The van der Waals surface area contributed by atoms with Crippen LogP contribution >= 0.6 is 27.3 Å². The number of rotatable bonds is 7. The van der Waals surface area contributed by atoms with Crippen molar-refractivity contribution in [3.05, 3.63) is 50.4 Å². The van der Waals surface area contributed by atoms with Crippen LogP contribution in [-0.2, 0) is 6.54 Å². The highest BCUT2D eigenvalue weighted by Crippen LogP contribution is 2.20. The fraction of sp³-hybridized carbons (Fsp3) is 0.438. The van der Waals surface area contributed by atoms with Crippen LogP contribution in [0.15, 0.2) is 34.2 Å². The maximum atomic E-state index is 4.31. The van der Waals surface area contributed by atoms with Gasteiger partial charge in [0.1, 0.15) is 0 Å². The summed E-state index contributed by atoms with van der Waals surface area (Å²) < 4.78 is 1.12. The van der Waals surface area contributed by atoms with E-state index < -0.39 is 0 Å². The molecule has 0 radical (unpaired) electrons. The van der Waals surface area contributed by atoms with Crippen LogP contribution in [0, 0.1) is 6.92 Å². The number of nitrogens with zero attached hydrogens (tertiary/aromatic N) is 2. The molecular formula is C16H22BrN3S. The maximum Gasteiger partial charge on any atom is 0.0798 e. The third-order valence-corrected chi connectivity index (χ3v) is 5.13. The molecule has 0 spiro atoms. The summed E-state index contributed by atoms with van der Waals surface area (Å²) in [6.45, 7) is 4.12. The van der Waals surface area contributed by atoms with Gasteiger partial charge in [0.25, 0.3) is 0 Å². The molecule has 1 unspecified atom stereocenters. The lowest BCUT2D eigenvalue weighted by Crippen LogP contribution is -2.25. The van der Waals surface area contributed by atoms with Crippen molar-refractivity contribution >= 4 is 27.3 Å². The lowest BCUT2D eigenvalue weighted by atomic mass is 10.0. The van der Waals surface area contributed by atoms with E-state index in [4.69, 9.17) is 0 Å². The SMILES string of the molecule is CNC(CCN(C)Cc1scnc1C)c1ccc(Br)cc1. The highest BCUT2D eigenvalue weighted by molar-refractivity contribution is 9.10. The summed E-state index contributed by atoms with van der Waals surface area (Å²) in [7, 11) is 4.20. The van der Waals surface area contributed by atoms with Crippen molar-refractivity contribution in [3.8, 4) is 0 Å². The van der Waals surface area contributed by atoms with Crippen LogP contribution in [0.2, 0.25) is 0 Å². The molecule has 0 bridgehead atoms. The van der Waals surface area contributed by atoms with E-state index in [0.29, 0.717) is 6.04 Å². The molecule has 0 amide bonds. The zero-order chi connectivity index (χ0) is 15.2. The monoisotopic (exact) mass is 367 g/mol. The smallest absolute Gasteiger partial charge is 0.0798 e. The number of thiazole rings is 1. The Hall–Kier alpha value is -0.750. The Morgan fingerprint density at radius 2 is 2.05 bits per heavy atom. The zero-order valence-electron chi connectivity index (χ0n) is 12.8. The molecule has 0 fully saturated rings. The Morgan fingerprint density at radius 3 is 2.62 bits per heavy atom. The summed E-state index contributed by atoms with van der Waals surface area (Å²) in [6, 6.07) is 8.95. The minimum absolute atomic E-state index is 0.392. The standard InChI is InChI=1S/C16H22BrN3S/c1-12-16(21-11-19-12)10-20(3)9-8-15(18-2)13-4-6-14(17)7-5-13/h4-7,11,15,18H,8-10H2,1-3H3. The second-order valence-electron chi connectivity index (χ2n) is 5.28. The molecule has 1 heterocycles. The molecule has 1 atom stereocenters. The van der Waals surface area contributed by atoms with E-state index in [1.165, 1.54) is 10.4 Å². The van der Waals surface area contributed by atoms with Crippen LogP contribution in [0.1, 0.15) is 28.6 Å². The van der Waals surface area contributed by atoms with Crippen molar-refractivity contribution in [1.29, 1.82) is 0 Å². The van der Waals surface area contributed by atoms with E-state index in [2.05, 4.69) is 69.4 Å². The number of halogens is 1. The van der Waals surface area contributed by atoms with E-state index in [1.54, 1.807) is 11.3 Å². The molecule has 5 heteroatoms. The van der Waals surface area contributed by atoms with E-state index in [1.807, 2.05) is 12.6 Å². The first kappa shape index (κ1) is 16.6. The van der Waals surface area contributed by atoms with Crippen LogP contribution in [0.5, 0.6) is 0 Å². The molecule has 3 nitrogen and oxygen atoms in total. The van der Waals surface area contributed by atoms with Gasteiger partial charge in [-0.3, -0.25) is 0 Å². The van der Waals surface area contributed by atoms with Gasteiger partial charge in [-0.1, -0.05) is 28.1 Å². The number of hydrogen-bond acceptors (Lipinski definition) is 4. The molecule has 0 saturated carbocycles. The Balaban J connectivity index is 1.88. The van der Waals surface area contributed by atoms with E-state index in [0.717, 1.165) is 29.7 Å². The van der Waals surface area contributed by atoms with E-state index in [-0.39, 0.29) is 0 Å². The van der Waals surface area contributed by atoms with Gasteiger partial charge in [-0.25, -0.2) is 4.98 Å². The Kier molecular flexibility index (Phi) is 6.36. The molecule has 1 N–H and O–H groups in total. The summed E-state index contributed by atoms with van der Waals surface area (Å²) in [5, 5.41) is 3.41. The third-order valence-electron chi connectivity index (χ3n) is 3.68. The number of benzene rings is 1. The van der Waals surface area contributed by atoms with Crippen LogP contribution in [0.25, 0.3) is 0 Å². The minimum Gasteiger partial charge on any atom is -0.313 e. The number of aromatic nitrogens is 1. The Bertz CT molecular complexity index is 553. The van der Waals surface area contributed by atoms with Gasteiger partial charge < -0.3 is 10.2 Å². The van der Waals surface area contributed by atoms with Crippen molar-refractivity contribution in [2.24, 2.45) is 0 Å². The highest BCUT2D eigenvalue weighted by Gasteiger charge is 2.11. The predicted octanol–water partition coefficient (Wildman–Crippen LogP) is 4.00. The molecule has 114 valence electrons. The van der Waals surface area contributed by atoms with Crippen LogP contribution in [0.3, 0.4) is 0 Å². The number of nitrogens with one attached hydrogen (secondary N) is 1. The lowest BCUT2D eigenvalue weighted by molar-refractivity contribution is 0.305. The molecule has 2 rings (SSSR count). The van der Waals surface area contributed by atoms with Crippen molar-refractivity contribution in [3.63, 3.8) is 0 Å². The van der Waals surface area contributed by atoms with Gasteiger partial charge in [-0.05, 0) is 45.1 Å². The Morgan fingerprint density at radius 1 is 1.33 bits per heavy atom. The van der Waals surface area contributed by atoms with Gasteiger partial charge >= 0.3 is 0 Å². The topological polar surface area (TPSA) is 28.2 Å². The van der Waals surface area contributed by atoms with E-state index in [9.17, 15) is 0 Å². The summed E-state index contributed by atoms with van der Waals surface area (Å²) in [6.07, 6.45) is 1.09. The van der Waals surface area contributed by atoms with Gasteiger partial charge in [-0.2, -0.15) is 0 Å². The molecule has 0 saturated heterocycles. The van der Waals surface area contributed by atoms with Crippen LogP contribution in [-0.4, -0.2) is 30.5 Å². The average Bonchev–Trinajstić information content (AvgIpc) is 2.87. The molecule has 21 heavy (non-hydrogen) atoms. The second-order valence-corrected chi connectivity index (χ2v) is 7.14. The first-order valence-electron chi connectivity index (χ1n) is 7.10. The average molecular weight is 368 g/mol. The molecule has 1 aromatic carbocycles. The van der Waals surface area contributed by atoms with E-state index >= 15 is 0 Å². The molecule has 0 aliphatic carbocycles. The lowest BCUT2D eigenvalue weighted by Gasteiger charge is -2.21. The van der Waals surface area contributed by atoms with Gasteiger partial charge in [0.15, 0.2) is 0 Å². The van der Waals surface area contributed by atoms with Gasteiger partial charge in [0.05, 0.1) is 11.2 Å². The van der Waals surface area contributed by atoms with Gasteiger partial charge in [0.2, 0.25) is 0 Å². The summed E-state index contributed by atoms with van der Waals surface area (Å²) in [5.41, 5.74) is 4.42. The molecule has 0 aliphatic rings. The fourth-order valence-corrected chi connectivity index (χ4v) is 3.45. The molecular weight excluding hydrogens is 346 g/mol. The maximum absolute atomic E-state index is 4.31. The highest BCUT2D eigenvalue weighted by atomic mass is 79.9. The van der Waals surface area contributed by atoms with Crippen LogP contribution in [0.4, 0.5) is 0 Å². The second kappa shape index (κ2) is 8.03. The van der Waals surface area contributed by atoms with Crippen molar-refractivity contribution in [2.75, 3.05) is 20.6 Å². The Labute approximate surface area is 139 Å². The van der Waals surface area contributed by atoms with Gasteiger partial charge in [0, 0.05) is 28.5 Å². The predicted molar refractivity (Wildman–Crippen MR) is 93.7 cm³/mol. The fourth-order valence-electron chi connectivity index (χ4n) is 2.32. The first-order chi connectivity index (χ1) is 10.1. The third kappa shape index (κ3) is 4.88. The summed E-state index contributed by atoms with van der Waals surface area (Å²) >= 11 is 5.23. The van der Waals surface area contributed by atoms with Crippen molar-refractivity contribution in [1.82, 2.24) is 15.2 Å². The quantitative estimate of drug-likeness (QED) is 0.801. The number of hydrogen-bond donors (Lipinski definition) is 1. The van der Waals surface area contributed by atoms with Crippen molar-refractivity contribution < 1.29 is 0 Å². The minimum atomic E-state index is 0.392. The molecule has 0 aliphatic heterocycles. The van der Waals surface area contributed by atoms with Gasteiger partial charge in [-0.15, -0.1) is 11.3 Å². The summed E-state index contributed by atoms with van der Waals surface area (Å²) in [4.78, 5) is 8.04. The molecule has 1 aromatic heterocycles. The largest absolute Gasteiger partial charge is 0.313 e. The number of aryl methyl sites for hydroxylation is 1.